The van der Waals surface area contributed by atoms with Crippen molar-refractivity contribution in [1.29, 1.82) is 0 Å². The summed E-state index contributed by atoms with van der Waals surface area (Å²) in [5.41, 5.74) is 0. The fraction of sp³-hybridized carbons (Fsp3) is 0.957. The average molecular weight is 484 g/mol. The molecular formula is C23H49NO7S. The Bertz CT molecular complexity index is 528. The van der Waals surface area contributed by atoms with Crippen molar-refractivity contribution in [3.8, 4) is 0 Å². The number of aliphatic hydroxyl groups is 1. The van der Waals surface area contributed by atoms with Gasteiger partial charge in [0.2, 0.25) is 0 Å². The molecule has 0 heterocycles. The lowest BCUT2D eigenvalue weighted by atomic mass is 9.93. The van der Waals surface area contributed by atoms with Crippen molar-refractivity contribution >= 4 is 16.4 Å². The molecule has 9 heteroatoms. The van der Waals surface area contributed by atoms with Crippen LogP contribution in [0, 0.1) is 5.92 Å². The first-order valence-electron chi connectivity index (χ1n) is 12.2. The van der Waals surface area contributed by atoms with E-state index in [1.165, 1.54) is 70.6 Å². The number of aliphatic carboxylic acids is 1. The Morgan fingerprint density at radius 2 is 1.25 bits per heavy atom. The summed E-state index contributed by atoms with van der Waals surface area (Å²) < 4.78 is 32.0. The Balaban J connectivity index is 0. The number of aliphatic hydroxyl groups excluding tert-OH is 1. The summed E-state index contributed by atoms with van der Waals surface area (Å²) in [5.74, 6) is -1.66. The Kier molecular flexibility index (Phi) is 23.1. The molecule has 0 aliphatic rings. The highest BCUT2D eigenvalue weighted by Gasteiger charge is 2.26. The summed E-state index contributed by atoms with van der Waals surface area (Å²) in [6.45, 7) is 1.96. The zero-order chi connectivity index (χ0) is 23.4. The maximum absolute atomic E-state index is 11.5. The predicted octanol–water partition coefficient (Wildman–Crippen LogP) is 5.77. The van der Waals surface area contributed by atoms with Crippen molar-refractivity contribution in [1.82, 2.24) is 6.15 Å². The summed E-state index contributed by atoms with van der Waals surface area (Å²) in [5, 5.41) is 18.6. The Labute approximate surface area is 196 Å². The van der Waals surface area contributed by atoms with Crippen molar-refractivity contribution in [3.63, 3.8) is 0 Å². The van der Waals surface area contributed by atoms with E-state index in [-0.39, 0.29) is 25.6 Å². The molecule has 0 saturated heterocycles. The van der Waals surface area contributed by atoms with Gasteiger partial charge in [0.05, 0.1) is 19.1 Å². The van der Waals surface area contributed by atoms with Crippen molar-refractivity contribution in [2.75, 3.05) is 13.7 Å². The van der Waals surface area contributed by atoms with E-state index in [1.807, 2.05) is 0 Å². The average Bonchev–Trinajstić information content (AvgIpc) is 2.72. The standard InChI is InChI=1S/C23H46O7S.H3N/c1-3-4-5-6-7-8-9-10-11-12-13-14-15-16-17-21(23(25)26)20-22(18-19-24)30-31(27,28)29-2;/h21-22,24H,3-20H2,1-2H3,(H,25,26);1H3. The van der Waals surface area contributed by atoms with E-state index in [4.69, 9.17) is 9.29 Å². The van der Waals surface area contributed by atoms with Crippen LogP contribution in [0.1, 0.15) is 116 Å². The van der Waals surface area contributed by atoms with Crippen molar-refractivity contribution in [2.24, 2.45) is 5.92 Å². The minimum absolute atomic E-state index is 0. The van der Waals surface area contributed by atoms with E-state index in [0.29, 0.717) is 6.42 Å². The van der Waals surface area contributed by atoms with E-state index in [2.05, 4.69) is 11.1 Å². The zero-order valence-electron chi connectivity index (χ0n) is 20.4. The highest BCUT2D eigenvalue weighted by Crippen LogP contribution is 2.22. The van der Waals surface area contributed by atoms with Gasteiger partial charge in [0.25, 0.3) is 0 Å². The van der Waals surface area contributed by atoms with Crippen LogP contribution < -0.4 is 6.15 Å². The second-order valence-electron chi connectivity index (χ2n) is 8.46. The molecule has 0 amide bonds. The molecule has 0 radical (unpaired) electrons. The van der Waals surface area contributed by atoms with Crippen LogP contribution in [0.5, 0.6) is 0 Å². The van der Waals surface area contributed by atoms with Crippen LogP contribution in [0.4, 0.5) is 0 Å². The third-order valence-corrected chi connectivity index (χ3v) is 6.63. The molecule has 0 aromatic heterocycles. The van der Waals surface area contributed by atoms with Gasteiger partial charge in [0, 0.05) is 6.61 Å². The van der Waals surface area contributed by atoms with E-state index >= 15 is 0 Å². The van der Waals surface area contributed by atoms with Crippen molar-refractivity contribution < 1.29 is 31.8 Å². The second-order valence-corrected chi connectivity index (χ2v) is 9.80. The number of carboxylic acids is 1. The fourth-order valence-corrected chi connectivity index (χ4v) is 4.39. The molecule has 2 unspecified atom stereocenters. The summed E-state index contributed by atoms with van der Waals surface area (Å²) in [6, 6.07) is 0. The van der Waals surface area contributed by atoms with E-state index in [1.54, 1.807) is 0 Å². The largest absolute Gasteiger partial charge is 0.481 e. The predicted molar refractivity (Wildman–Crippen MR) is 128 cm³/mol. The lowest BCUT2D eigenvalue weighted by molar-refractivity contribution is -0.143. The quantitative estimate of drug-likeness (QED) is 0.155. The third-order valence-electron chi connectivity index (χ3n) is 5.71. The molecule has 0 spiro atoms. The van der Waals surface area contributed by atoms with Crippen molar-refractivity contribution in [2.45, 2.75) is 122 Å². The molecule has 194 valence electrons. The van der Waals surface area contributed by atoms with Gasteiger partial charge in [-0.3, -0.25) is 8.98 Å². The molecule has 0 aliphatic heterocycles. The minimum Gasteiger partial charge on any atom is -0.481 e. The van der Waals surface area contributed by atoms with Crippen LogP contribution in [0.25, 0.3) is 0 Å². The molecule has 0 aromatic carbocycles. The normalized spacial score (nSPS) is 13.5. The van der Waals surface area contributed by atoms with Crippen molar-refractivity contribution in [3.05, 3.63) is 0 Å². The number of carbonyl (C=O) groups is 1. The van der Waals surface area contributed by atoms with E-state index in [9.17, 15) is 18.3 Å². The highest BCUT2D eigenvalue weighted by molar-refractivity contribution is 7.81. The van der Waals surface area contributed by atoms with E-state index < -0.39 is 28.4 Å². The van der Waals surface area contributed by atoms with Crippen LogP contribution in [-0.2, 0) is 23.6 Å². The summed E-state index contributed by atoms with van der Waals surface area (Å²) in [4.78, 5) is 11.5. The van der Waals surface area contributed by atoms with Gasteiger partial charge in [-0.05, 0) is 19.3 Å². The molecular weight excluding hydrogens is 434 g/mol. The smallest absolute Gasteiger partial charge is 0.399 e. The molecule has 0 fully saturated rings. The lowest BCUT2D eigenvalue weighted by Gasteiger charge is -2.20. The van der Waals surface area contributed by atoms with Gasteiger partial charge in [-0.15, -0.1) is 0 Å². The van der Waals surface area contributed by atoms with Gasteiger partial charge in [-0.1, -0.05) is 96.8 Å². The molecule has 0 aromatic rings. The Morgan fingerprint density at radius 3 is 1.62 bits per heavy atom. The monoisotopic (exact) mass is 483 g/mol. The maximum atomic E-state index is 11.5. The third kappa shape index (κ3) is 19.9. The molecule has 0 saturated carbocycles. The summed E-state index contributed by atoms with van der Waals surface area (Å²) >= 11 is 0. The SMILES string of the molecule is CCCCCCCCCCCCCCCCC(CC(CCO)OS(=O)(=O)OC)C(=O)O.N. The first kappa shape index (κ1) is 33.4. The maximum Gasteiger partial charge on any atom is 0.399 e. The molecule has 0 rings (SSSR count). The first-order chi connectivity index (χ1) is 14.9. The zero-order valence-corrected chi connectivity index (χ0v) is 21.3. The summed E-state index contributed by atoms with van der Waals surface area (Å²) in [6.07, 6.45) is 17.0. The lowest BCUT2D eigenvalue weighted by Crippen LogP contribution is -2.27. The molecule has 2 atom stereocenters. The van der Waals surface area contributed by atoms with Crippen LogP contribution in [0.3, 0.4) is 0 Å². The van der Waals surface area contributed by atoms with Crippen LogP contribution >= 0.6 is 0 Å². The second kappa shape index (κ2) is 22.1. The fourth-order valence-electron chi connectivity index (χ4n) is 3.80. The summed E-state index contributed by atoms with van der Waals surface area (Å²) in [7, 11) is -3.19. The highest BCUT2D eigenvalue weighted by atomic mass is 32.3. The Hall–Kier alpha value is -0.740. The molecule has 0 bridgehead atoms. The molecule has 8 nitrogen and oxygen atoms in total. The number of rotatable bonds is 23. The van der Waals surface area contributed by atoms with Crippen LogP contribution in [0.15, 0.2) is 0 Å². The molecule has 0 aliphatic carbocycles. The molecule has 32 heavy (non-hydrogen) atoms. The van der Waals surface area contributed by atoms with Gasteiger partial charge in [-0.2, -0.15) is 8.42 Å². The van der Waals surface area contributed by atoms with Gasteiger partial charge < -0.3 is 16.4 Å². The first-order valence-corrected chi connectivity index (χ1v) is 13.5. The van der Waals surface area contributed by atoms with Gasteiger partial charge >= 0.3 is 16.4 Å². The van der Waals surface area contributed by atoms with Crippen LogP contribution in [-0.4, -0.2) is 44.4 Å². The molecule has 5 N–H and O–H groups in total. The number of unbranched alkanes of at least 4 members (excludes halogenated alkanes) is 13. The number of carboxylic acid groups (broad SMARTS) is 1. The van der Waals surface area contributed by atoms with E-state index in [0.717, 1.165) is 26.4 Å². The number of hydrogen-bond donors (Lipinski definition) is 3. The van der Waals surface area contributed by atoms with Gasteiger partial charge in [0.1, 0.15) is 0 Å². The van der Waals surface area contributed by atoms with Crippen LogP contribution in [0.2, 0.25) is 0 Å². The topological polar surface area (TPSA) is 145 Å². The Morgan fingerprint density at radius 1 is 0.812 bits per heavy atom. The van der Waals surface area contributed by atoms with Gasteiger partial charge in [0.15, 0.2) is 0 Å². The van der Waals surface area contributed by atoms with Gasteiger partial charge in [-0.25, -0.2) is 4.18 Å². The number of hydrogen-bond acceptors (Lipinski definition) is 7. The minimum atomic E-state index is -4.17.